The number of hydrogen-bond donors (Lipinski definition) is 2. The van der Waals surface area contributed by atoms with Crippen LogP contribution in [0.3, 0.4) is 0 Å². The predicted octanol–water partition coefficient (Wildman–Crippen LogP) is 2.29. The van der Waals surface area contributed by atoms with Crippen LogP contribution in [0.15, 0.2) is 12.1 Å². The van der Waals surface area contributed by atoms with Crippen molar-refractivity contribution in [3.05, 3.63) is 23.8 Å². The normalized spacial score (nSPS) is 13.9. The van der Waals surface area contributed by atoms with Gasteiger partial charge < -0.3 is 15.4 Å². The molecule has 2 rings (SSSR count). The molecule has 1 aromatic carbocycles. The predicted molar refractivity (Wildman–Crippen MR) is 72.8 cm³/mol. The number of carbonyl (C=O) groups excluding carboxylic acids is 2. The molecule has 1 aliphatic rings. The van der Waals surface area contributed by atoms with Crippen molar-refractivity contribution in [3.63, 3.8) is 0 Å². The van der Waals surface area contributed by atoms with Gasteiger partial charge in [-0.3, -0.25) is 9.59 Å². The molecular formula is C14H16F2N2O3. The summed E-state index contributed by atoms with van der Waals surface area (Å²) in [4.78, 5) is 22.5. The smallest absolute Gasteiger partial charge is 0.250 e. The third-order valence-electron chi connectivity index (χ3n) is 2.93. The summed E-state index contributed by atoms with van der Waals surface area (Å²) in [6.07, 6.45) is 2.21. The van der Waals surface area contributed by atoms with Crippen LogP contribution >= 0.6 is 0 Å². The van der Waals surface area contributed by atoms with Crippen molar-refractivity contribution in [1.82, 2.24) is 0 Å². The summed E-state index contributed by atoms with van der Waals surface area (Å²) >= 11 is 0. The molecule has 21 heavy (non-hydrogen) atoms. The summed E-state index contributed by atoms with van der Waals surface area (Å²) in [6, 6.07) is 1.64. The first-order chi connectivity index (χ1) is 9.95. The summed E-state index contributed by atoms with van der Waals surface area (Å²) in [6.45, 7) is 1.52. The lowest BCUT2D eigenvalue weighted by Gasteiger charge is -2.10. The van der Waals surface area contributed by atoms with Gasteiger partial charge in [-0.15, -0.1) is 0 Å². The fourth-order valence-electron chi connectivity index (χ4n) is 1.72. The van der Waals surface area contributed by atoms with Crippen LogP contribution in [0, 0.1) is 17.6 Å². The number of rotatable bonds is 6. The molecule has 2 amide bonds. The van der Waals surface area contributed by atoms with E-state index in [0.717, 1.165) is 18.9 Å². The summed E-state index contributed by atoms with van der Waals surface area (Å²) < 4.78 is 32.2. The molecule has 0 bridgehead atoms. The van der Waals surface area contributed by atoms with E-state index in [2.05, 4.69) is 10.6 Å². The maximum Gasteiger partial charge on any atom is 0.250 e. The van der Waals surface area contributed by atoms with E-state index in [0.29, 0.717) is 18.6 Å². The molecule has 5 nitrogen and oxygen atoms in total. The molecule has 0 heterocycles. The molecule has 0 radical (unpaired) electrons. The molecule has 0 aromatic heterocycles. The molecule has 1 fully saturated rings. The Bertz CT molecular complexity index is 559. The third kappa shape index (κ3) is 4.78. The molecule has 114 valence electrons. The Kier molecular flexibility index (Phi) is 4.85. The van der Waals surface area contributed by atoms with Crippen LogP contribution in [0.4, 0.5) is 20.2 Å². The van der Waals surface area contributed by atoms with Gasteiger partial charge in [0, 0.05) is 13.0 Å². The van der Waals surface area contributed by atoms with Crippen molar-refractivity contribution in [3.8, 4) is 0 Å². The van der Waals surface area contributed by atoms with Crippen molar-refractivity contribution in [2.24, 2.45) is 5.92 Å². The van der Waals surface area contributed by atoms with Crippen LogP contribution in [-0.2, 0) is 14.3 Å². The Morgan fingerprint density at radius 2 is 1.81 bits per heavy atom. The maximum absolute atomic E-state index is 13.6. The average Bonchev–Trinajstić information content (AvgIpc) is 3.18. The second-order valence-corrected chi connectivity index (χ2v) is 5.00. The summed E-state index contributed by atoms with van der Waals surface area (Å²) in [7, 11) is 0. The zero-order valence-corrected chi connectivity index (χ0v) is 11.5. The van der Waals surface area contributed by atoms with Gasteiger partial charge in [-0.2, -0.15) is 0 Å². The SMILES string of the molecule is CC(=O)Nc1cc(NC(=O)COCC2CC2)c(F)cc1F. The molecule has 1 saturated carbocycles. The second-order valence-electron chi connectivity index (χ2n) is 5.00. The van der Waals surface area contributed by atoms with Crippen molar-refractivity contribution in [1.29, 1.82) is 0 Å². The monoisotopic (exact) mass is 298 g/mol. The van der Waals surface area contributed by atoms with Crippen LogP contribution in [0.2, 0.25) is 0 Å². The van der Waals surface area contributed by atoms with Gasteiger partial charge in [0.15, 0.2) is 0 Å². The molecule has 0 atom stereocenters. The summed E-state index contributed by atoms with van der Waals surface area (Å²) in [5.41, 5.74) is -0.404. The highest BCUT2D eigenvalue weighted by molar-refractivity contribution is 5.94. The van der Waals surface area contributed by atoms with E-state index in [4.69, 9.17) is 4.74 Å². The molecule has 7 heteroatoms. The van der Waals surface area contributed by atoms with Gasteiger partial charge in [0.2, 0.25) is 11.8 Å². The minimum Gasteiger partial charge on any atom is -0.371 e. The number of carbonyl (C=O) groups is 2. The molecule has 1 aromatic rings. The van der Waals surface area contributed by atoms with Gasteiger partial charge in [0.1, 0.15) is 18.2 Å². The molecule has 0 saturated heterocycles. The van der Waals surface area contributed by atoms with Crippen LogP contribution in [-0.4, -0.2) is 25.0 Å². The first-order valence-corrected chi connectivity index (χ1v) is 6.60. The lowest BCUT2D eigenvalue weighted by atomic mass is 10.2. The van der Waals surface area contributed by atoms with Gasteiger partial charge in [-0.25, -0.2) is 8.78 Å². The number of nitrogens with one attached hydrogen (secondary N) is 2. The van der Waals surface area contributed by atoms with Gasteiger partial charge in [0.05, 0.1) is 18.0 Å². The van der Waals surface area contributed by atoms with E-state index in [-0.39, 0.29) is 18.0 Å². The Labute approximate surface area is 120 Å². The van der Waals surface area contributed by atoms with Crippen molar-refractivity contribution in [2.75, 3.05) is 23.8 Å². The maximum atomic E-state index is 13.6. The molecular weight excluding hydrogens is 282 g/mol. The van der Waals surface area contributed by atoms with Crippen LogP contribution < -0.4 is 10.6 Å². The average molecular weight is 298 g/mol. The zero-order valence-electron chi connectivity index (χ0n) is 11.5. The summed E-state index contributed by atoms with van der Waals surface area (Å²) in [5.74, 6) is -2.34. The van der Waals surface area contributed by atoms with Gasteiger partial charge in [0.25, 0.3) is 0 Å². The standard InChI is InChI=1S/C14H16F2N2O3/c1-8(19)17-12-5-13(11(16)4-10(12)15)18-14(20)7-21-6-9-2-3-9/h4-5,9H,2-3,6-7H2,1H3,(H,17,19)(H,18,20). The number of anilines is 2. The molecule has 2 N–H and O–H groups in total. The molecule has 0 aliphatic heterocycles. The van der Waals surface area contributed by atoms with Crippen LogP contribution in [0.25, 0.3) is 0 Å². The number of hydrogen-bond acceptors (Lipinski definition) is 3. The van der Waals surface area contributed by atoms with Crippen LogP contribution in [0.1, 0.15) is 19.8 Å². The zero-order chi connectivity index (χ0) is 15.4. The van der Waals surface area contributed by atoms with Crippen LogP contribution in [0.5, 0.6) is 0 Å². The molecule has 0 unspecified atom stereocenters. The van der Waals surface area contributed by atoms with Gasteiger partial charge in [-0.1, -0.05) is 0 Å². The first kappa shape index (κ1) is 15.4. The number of benzene rings is 1. The van der Waals surface area contributed by atoms with E-state index in [9.17, 15) is 18.4 Å². The number of amides is 2. The number of ether oxygens (including phenoxy) is 1. The second kappa shape index (κ2) is 6.62. The Morgan fingerprint density at radius 3 is 2.38 bits per heavy atom. The van der Waals surface area contributed by atoms with E-state index in [1.54, 1.807) is 0 Å². The van der Waals surface area contributed by atoms with Crippen molar-refractivity contribution in [2.45, 2.75) is 19.8 Å². The van der Waals surface area contributed by atoms with Crippen molar-refractivity contribution >= 4 is 23.2 Å². The molecule has 0 spiro atoms. The van der Waals surface area contributed by atoms with Gasteiger partial charge >= 0.3 is 0 Å². The minimum absolute atomic E-state index is 0.192. The fraction of sp³-hybridized carbons (Fsp3) is 0.429. The highest BCUT2D eigenvalue weighted by atomic mass is 19.1. The lowest BCUT2D eigenvalue weighted by Crippen LogP contribution is -2.20. The molecule has 1 aliphatic carbocycles. The largest absolute Gasteiger partial charge is 0.371 e. The highest BCUT2D eigenvalue weighted by Gasteiger charge is 2.21. The van der Waals surface area contributed by atoms with E-state index in [1.165, 1.54) is 6.92 Å². The van der Waals surface area contributed by atoms with E-state index >= 15 is 0 Å². The lowest BCUT2D eigenvalue weighted by molar-refractivity contribution is -0.120. The van der Waals surface area contributed by atoms with E-state index in [1.807, 2.05) is 0 Å². The fourth-order valence-corrected chi connectivity index (χ4v) is 1.72. The Balaban J connectivity index is 1.96. The minimum atomic E-state index is -0.919. The Morgan fingerprint density at radius 1 is 1.19 bits per heavy atom. The Hall–Kier alpha value is -2.02. The van der Waals surface area contributed by atoms with Gasteiger partial charge in [-0.05, 0) is 24.8 Å². The first-order valence-electron chi connectivity index (χ1n) is 6.60. The quantitative estimate of drug-likeness (QED) is 0.846. The third-order valence-corrected chi connectivity index (χ3v) is 2.93. The highest BCUT2D eigenvalue weighted by Crippen LogP contribution is 2.28. The van der Waals surface area contributed by atoms with E-state index < -0.39 is 23.4 Å². The van der Waals surface area contributed by atoms with Crippen molar-refractivity contribution < 1.29 is 23.1 Å². The number of halogens is 2. The topological polar surface area (TPSA) is 67.4 Å². The summed E-state index contributed by atoms with van der Waals surface area (Å²) in [5, 5.41) is 4.51.